The lowest BCUT2D eigenvalue weighted by Gasteiger charge is -2.09. The fraction of sp³-hybridized carbons (Fsp3) is 0.375. The van der Waals surface area contributed by atoms with Crippen LogP contribution in [0.1, 0.15) is 41.7 Å². The Hall–Kier alpha value is -1.16. The van der Waals surface area contributed by atoms with Crippen molar-refractivity contribution in [3.05, 3.63) is 56.6 Å². The quantitative estimate of drug-likeness (QED) is 0.927. The molecule has 1 aromatic carbocycles. The van der Waals surface area contributed by atoms with Gasteiger partial charge in [0.05, 0.1) is 15.7 Å². The van der Waals surface area contributed by atoms with E-state index >= 15 is 0 Å². The minimum atomic E-state index is 0.575. The molecule has 2 aromatic rings. The minimum Gasteiger partial charge on any atom is -0.307 e. The van der Waals surface area contributed by atoms with Gasteiger partial charge < -0.3 is 5.32 Å². The van der Waals surface area contributed by atoms with E-state index in [4.69, 9.17) is 33.2 Å². The van der Waals surface area contributed by atoms with Crippen LogP contribution in [0.15, 0.2) is 18.2 Å². The Bertz CT molecular complexity index is 671. The smallest absolute Gasteiger partial charge is 0.133 e. The second kappa shape index (κ2) is 6.30. The van der Waals surface area contributed by atoms with Gasteiger partial charge in [0.25, 0.3) is 0 Å². The van der Waals surface area contributed by atoms with Crippen LogP contribution in [-0.2, 0) is 25.9 Å². The molecule has 0 unspecified atom stereocenters. The van der Waals surface area contributed by atoms with Crippen LogP contribution in [-0.4, -0.2) is 9.97 Å². The van der Waals surface area contributed by atoms with Gasteiger partial charge in [-0.3, -0.25) is 0 Å². The maximum atomic E-state index is 6.07. The average molecular weight is 322 g/mol. The van der Waals surface area contributed by atoms with Gasteiger partial charge in [-0.25, -0.2) is 9.97 Å². The molecule has 0 aliphatic carbocycles. The maximum absolute atomic E-state index is 6.07. The number of benzene rings is 1. The third-order valence-corrected chi connectivity index (χ3v) is 4.39. The second-order valence-corrected chi connectivity index (χ2v) is 6.10. The Balaban J connectivity index is 1.91. The van der Waals surface area contributed by atoms with Crippen molar-refractivity contribution in [1.29, 1.82) is 0 Å². The number of fused-ring (bicyclic) bond motifs is 1. The molecule has 1 aromatic heterocycles. The molecule has 5 heteroatoms. The third kappa shape index (κ3) is 3.20. The predicted molar refractivity (Wildman–Crippen MR) is 85.8 cm³/mol. The molecule has 21 heavy (non-hydrogen) atoms. The number of aryl methyl sites for hydroxylation is 1. The first-order valence-electron chi connectivity index (χ1n) is 7.19. The average Bonchev–Trinajstić information content (AvgIpc) is 2.92. The zero-order valence-electron chi connectivity index (χ0n) is 11.9. The molecule has 2 heterocycles. The standard InChI is InChI=1S/C16H17Cl2N3/c1-2-3-14-11-8-19-9-15(11)21-16(20-14)7-10-4-5-12(17)13(18)6-10/h4-6,19H,2-3,7-9H2,1H3. The van der Waals surface area contributed by atoms with Crippen LogP contribution in [0.25, 0.3) is 0 Å². The summed E-state index contributed by atoms with van der Waals surface area (Å²) in [6, 6.07) is 5.68. The first-order chi connectivity index (χ1) is 10.2. The largest absolute Gasteiger partial charge is 0.307 e. The molecule has 0 atom stereocenters. The molecular weight excluding hydrogens is 305 g/mol. The number of aromatic nitrogens is 2. The summed E-state index contributed by atoms with van der Waals surface area (Å²) in [5, 5.41) is 4.50. The molecule has 3 nitrogen and oxygen atoms in total. The molecule has 0 fully saturated rings. The molecule has 0 saturated heterocycles. The molecule has 110 valence electrons. The van der Waals surface area contributed by atoms with Gasteiger partial charge in [-0.15, -0.1) is 0 Å². The summed E-state index contributed by atoms with van der Waals surface area (Å²) in [5.74, 6) is 0.860. The molecule has 0 amide bonds. The van der Waals surface area contributed by atoms with Gasteiger partial charge in [-0.05, 0) is 24.1 Å². The molecule has 0 bridgehead atoms. The number of nitrogens with one attached hydrogen (secondary N) is 1. The fourth-order valence-electron chi connectivity index (χ4n) is 2.65. The van der Waals surface area contributed by atoms with Crippen molar-refractivity contribution in [3.8, 4) is 0 Å². The number of halogens is 2. The molecule has 1 aliphatic heterocycles. The maximum Gasteiger partial charge on any atom is 0.133 e. The molecule has 1 aliphatic rings. The Labute approximate surface area is 134 Å². The van der Waals surface area contributed by atoms with Crippen LogP contribution in [0, 0.1) is 0 Å². The van der Waals surface area contributed by atoms with Crippen molar-refractivity contribution in [1.82, 2.24) is 15.3 Å². The Morgan fingerprint density at radius 1 is 1.14 bits per heavy atom. The Morgan fingerprint density at radius 3 is 2.76 bits per heavy atom. The summed E-state index contributed by atoms with van der Waals surface area (Å²) >= 11 is 12.0. The van der Waals surface area contributed by atoms with Crippen LogP contribution in [0.4, 0.5) is 0 Å². The van der Waals surface area contributed by atoms with E-state index in [0.717, 1.165) is 43.0 Å². The molecular formula is C16H17Cl2N3. The first-order valence-corrected chi connectivity index (χ1v) is 7.95. The van der Waals surface area contributed by atoms with Crippen molar-refractivity contribution >= 4 is 23.2 Å². The zero-order valence-corrected chi connectivity index (χ0v) is 13.4. The van der Waals surface area contributed by atoms with E-state index < -0.39 is 0 Å². The third-order valence-electron chi connectivity index (χ3n) is 3.65. The topological polar surface area (TPSA) is 37.8 Å². The van der Waals surface area contributed by atoms with Crippen LogP contribution in [0.5, 0.6) is 0 Å². The molecule has 0 radical (unpaired) electrons. The number of rotatable bonds is 4. The van der Waals surface area contributed by atoms with E-state index in [2.05, 4.69) is 12.2 Å². The van der Waals surface area contributed by atoms with E-state index in [1.807, 2.05) is 18.2 Å². The van der Waals surface area contributed by atoms with E-state index in [0.29, 0.717) is 16.5 Å². The van der Waals surface area contributed by atoms with Crippen molar-refractivity contribution in [2.45, 2.75) is 39.3 Å². The molecule has 1 N–H and O–H groups in total. The predicted octanol–water partition coefficient (Wildman–Crippen LogP) is 3.93. The fourth-order valence-corrected chi connectivity index (χ4v) is 2.97. The monoisotopic (exact) mass is 321 g/mol. The summed E-state index contributed by atoms with van der Waals surface area (Å²) in [6.07, 6.45) is 2.78. The van der Waals surface area contributed by atoms with Crippen molar-refractivity contribution < 1.29 is 0 Å². The lowest BCUT2D eigenvalue weighted by molar-refractivity contribution is 0.753. The molecule has 3 rings (SSSR count). The van der Waals surface area contributed by atoms with Gasteiger partial charge >= 0.3 is 0 Å². The zero-order chi connectivity index (χ0) is 14.8. The van der Waals surface area contributed by atoms with Crippen LogP contribution < -0.4 is 5.32 Å². The second-order valence-electron chi connectivity index (χ2n) is 5.29. The van der Waals surface area contributed by atoms with E-state index in [1.54, 1.807) is 0 Å². The lowest BCUT2D eigenvalue weighted by Crippen LogP contribution is -2.06. The first kappa shape index (κ1) is 14.8. The SMILES string of the molecule is CCCc1nc(Cc2ccc(Cl)c(Cl)c2)nc2c1CNC2. The number of hydrogen-bond acceptors (Lipinski definition) is 3. The van der Waals surface area contributed by atoms with Gasteiger partial charge in [-0.2, -0.15) is 0 Å². The van der Waals surface area contributed by atoms with Crippen molar-refractivity contribution in [3.63, 3.8) is 0 Å². The highest BCUT2D eigenvalue weighted by Gasteiger charge is 2.18. The number of nitrogens with zero attached hydrogens (tertiary/aromatic N) is 2. The highest BCUT2D eigenvalue weighted by Crippen LogP contribution is 2.24. The van der Waals surface area contributed by atoms with Crippen LogP contribution >= 0.6 is 23.2 Å². The molecule has 0 spiro atoms. The van der Waals surface area contributed by atoms with Crippen molar-refractivity contribution in [2.75, 3.05) is 0 Å². The van der Waals surface area contributed by atoms with Gasteiger partial charge in [-0.1, -0.05) is 42.6 Å². The highest BCUT2D eigenvalue weighted by atomic mass is 35.5. The van der Waals surface area contributed by atoms with Crippen LogP contribution in [0.3, 0.4) is 0 Å². The Morgan fingerprint density at radius 2 is 2.00 bits per heavy atom. The summed E-state index contributed by atoms with van der Waals surface area (Å²) in [7, 11) is 0. The highest BCUT2D eigenvalue weighted by molar-refractivity contribution is 6.42. The van der Waals surface area contributed by atoms with Gasteiger partial charge in [0, 0.05) is 30.8 Å². The van der Waals surface area contributed by atoms with E-state index in [-0.39, 0.29) is 0 Å². The summed E-state index contributed by atoms with van der Waals surface area (Å²) < 4.78 is 0. The van der Waals surface area contributed by atoms with Crippen molar-refractivity contribution in [2.24, 2.45) is 0 Å². The normalized spacial score (nSPS) is 13.5. The van der Waals surface area contributed by atoms with E-state index in [1.165, 1.54) is 11.3 Å². The summed E-state index contributed by atoms with van der Waals surface area (Å²) in [5.41, 5.74) is 4.69. The molecule has 0 saturated carbocycles. The van der Waals surface area contributed by atoms with E-state index in [9.17, 15) is 0 Å². The minimum absolute atomic E-state index is 0.575. The van der Waals surface area contributed by atoms with Gasteiger partial charge in [0.15, 0.2) is 0 Å². The van der Waals surface area contributed by atoms with Crippen LogP contribution in [0.2, 0.25) is 10.0 Å². The Kier molecular flexibility index (Phi) is 4.43. The van der Waals surface area contributed by atoms with Gasteiger partial charge in [0.2, 0.25) is 0 Å². The summed E-state index contributed by atoms with van der Waals surface area (Å²) in [6.45, 7) is 3.90. The lowest BCUT2D eigenvalue weighted by atomic mass is 10.1. The summed E-state index contributed by atoms with van der Waals surface area (Å²) in [4.78, 5) is 9.45. The van der Waals surface area contributed by atoms with Gasteiger partial charge in [0.1, 0.15) is 5.82 Å². The number of hydrogen-bond donors (Lipinski definition) is 1.